The number of hydrogen-bond donors (Lipinski definition) is 1. The highest BCUT2D eigenvalue weighted by Gasteiger charge is 2.18. The summed E-state index contributed by atoms with van der Waals surface area (Å²) in [6.07, 6.45) is 6.04. The standard InChI is InChI=1S/C21H26N4O2/c1-21(2,3)25-9-6-15(13-25)18-11-19-17(5-4-7-23-19)20(24-18)27-14-16-12-22-8-10-26-16/h4-7,9,11,13,16,22H,8,10,12,14H2,1-3H3/t16-/m0/s1. The van der Waals surface area contributed by atoms with Gasteiger partial charge in [-0.15, -0.1) is 0 Å². The number of morpholine rings is 1. The van der Waals surface area contributed by atoms with Crippen LogP contribution in [-0.4, -0.2) is 46.9 Å². The van der Waals surface area contributed by atoms with Crippen molar-refractivity contribution in [1.29, 1.82) is 0 Å². The summed E-state index contributed by atoms with van der Waals surface area (Å²) < 4.78 is 14.0. The molecule has 1 saturated heterocycles. The average Bonchev–Trinajstić information content (AvgIpc) is 3.17. The molecule has 0 unspecified atom stereocenters. The molecule has 6 nitrogen and oxygen atoms in total. The summed E-state index contributed by atoms with van der Waals surface area (Å²) in [5.74, 6) is 0.605. The topological polar surface area (TPSA) is 61.2 Å². The summed E-state index contributed by atoms with van der Waals surface area (Å²) in [7, 11) is 0. The van der Waals surface area contributed by atoms with Gasteiger partial charge in [0.05, 0.1) is 23.2 Å². The van der Waals surface area contributed by atoms with Crippen LogP contribution in [-0.2, 0) is 10.3 Å². The zero-order valence-electron chi connectivity index (χ0n) is 16.1. The molecule has 3 aromatic rings. The normalized spacial score (nSPS) is 18.0. The van der Waals surface area contributed by atoms with E-state index in [0.29, 0.717) is 19.1 Å². The first-order chi connectivity index (χ1) is 13.0. The van der Waals surface area contributed by atoms with Crippen molar-refractivity contribution < 1.29 is 9.47 Å². The lowest BCUT2D eigenvalue weighted by molar-refractivity contribution is -0.000365. The van der Waals surface area contributed by atoms with Crippen LogP contribution in [0.15, 0.2) is 42.9 Å². The van der Waals surface area contributed by atoms with Gasteiger partial charge in [0, 0.05) is 42.8 Å². The Bertz CT molecular complexity index is 923. The molecule has 0 saturated carbocycles. The van der Waals surface area contributed by atoms with Crippen LogP contribution in [0.25, 0.3) is 22.2 Å². The number of pyridine rings is 2. The molecular formula is C21H26N4O2. The zero-order chi connectivity index (χ0) is 18.9. The molecule has 0 radical (unpaired) electrons. The Morgan fingerprint density at radius 1 is 1.33 bits per heavy atom. The number of aromatic nitrogens is 3. The van der Waals surface area contributed by atoms with Crippen molar-refractivity contribution in [3.05, 3.63) is 42.9 Å². The predicted octanol–water partition coefficient (Wildman–Crippen LogP) is 3.22. The molecule has 0 bridgehead atoms. The Morgan fingerprint density at radius 2 is 2.22 bits per heavy atom. The van der Waals surface area contributed by atoms with Crippen LogP contribution in [0.4, 0.5) is 0 Å². The number of ether oxygens (including phenoxy) is 2. The van der Waals surface area contributed by atoms with Gasteiger partial charge in [0.2, 0.25) is 5.88 Å². The summed E-state index contributed by atoms with van der Waals surface area (Å²) in [4.78, 5) is 9.31. The first kappa shape index (κ1) is 17.9. The maximum Gasteiger partial charge on any atom is 0.223 e. The minimum absolute atomic E-state index is 0.0258. The molecule has 0 aromatic carbocycles. The molecule has 3 aromatic heterocycles. The van der Waals surface area contributed by atoms with Crippen LogP contribution in [0, 0.1) is 0 Å². The molecule has 1 fully saturated rings. The molecule has 6 heteroatoms. The number of fused-ring (bicyclic) bond motifs is 1. The Labute approximate surface area is 159 Å². The van der Waals surface area contributed by atoms with Gasteiger partial charge in [-0.05, 0) is 45.0 Å². The van der Waals surface area contributed by atoms with Crippen LogP contribution in [0.3, 0.4) is 0 Å². The predicted molar refractivity (Wildman–Crippen MR) is 106 cm³/mol. The van der Waals surface area contributed by atoms with Gasteiger partial charge in [0.25, 0.3) is 0 Å². The lowest BCUT2D eigenvalue weighted by Gasteiger charge is -2.23. The number of nitrogens with one attached hydrogen (secondary N) is 1. The molecule has 4 rings (SSSR count). The van der Waals surface area contributed by atoms with Crippen molar-refractivity contribution in [1.82, 2.24) is 19.9 Å². The molecule has 4 heterocycles. The number of hydrogen-bond acceptors (Lipinski definition) is 5. The third-order valence-corrected chi connectivity index (χ3v) is 4.74. The van der Waals surface area contributed by atoms with Crippen LogP contribution in [0.2, 0.25) is 0 Å². The van der Waals surface area contributed by atoms with E-state index < -0.39 is 0 Å². The Kier molecular flexibility index (Phi) is 4.85. The third-order valence-electron chi connectivity index (χ3n) is 4.74. The minimum atomic E-state index is 0.0258. The highest BCUT2D eigenvalue weighted by atomic mass is 16.5. The summed E-state index contributed by atoms with van der Waals surface area (Å²) in [5, 5.41) is 4.24. The molecule has 0 amide bonds. The van der Waals surface area contributed by atoms with Crippen molar-refractivity contribution in [2.45, 2.75) is 32.4 Å². The van der Waals surface area contributed by atoms with Crippen molar-refractivity contribution >= 4 is 10.9 Å². The quantitative estimate of drug-likeness (QED) is 0.768. The maximum absolute atomic E-state index is 6.07. The SMILES string of the molecule is CC(C)(C)n1ccc(-c2cc3ncccc3c(OC[C@@H]3CNCCO3)n2)c1. The Hall–Kier alpha value is -2.44. The minimum Gasteiger partial charge on any atom is -0.474 e. The maximum atomic E-state index is 6.07. The number of nitrogens with zero attached hydrogens (tertiary/aromatic N) is 3. The monoisotopic (exact) mass is 366 g/mol. The van der Waals surface area contributed by atoms with E-state index in [1.807, 2.05) is 18.2 Å². The largest absolute Gasteiger partial charge is 0.474 e. The molecule has 1 atom stereocenters. The highest BCUT2D eigenvalue weighted by molar-refractivity contribution is 5.86. The molecule has 1 N–H and O–H groups in total. The van der Waals surface area contributed by atoms with Gasteiger partial charge in [-0.3, -0.25) is 4.98 Å². The van der Waals surface area contributed by atoms with E-state index in [0.717, 1.165) is 35.2 Å². The van der Waals surface area contributed by atoms with Crippen LogP contribution < -0.4 is 10.1 Å². The van der Waals surface area contributed by atoms with E-state index >= 15 is 0 Å². The lowest BCUT2D eigenvalue weighted by Crippen LogP contribution is -2.41. The molecule has 1 aliphatic heterocycles. The Morgan fingerprint density at radius 3 is 2.96 bits per heavy atom. The van der Waals surface area contributed by atoms with Crippen LogP contribution >= 0.6 is 0 Å². The summed E-state index contributed by atoms with van der Waals surface area (Å²) in [5.41, 5.74) is 2.82. The van der Waals surface area contributed by atoms with Gasteiger partial charge in [-0.25, -0.2) is 4.98 Å². The zero-order valence-corrected chi connectivity index (χ0v) is 16.1. The van der Waals surface area contributed by atoms with Crippen LogP contribution in [0.5, 0.6) is 5.88 Å². The van der Waals surface area contributed by atoms with E-state index in [2.05, 4.69) is 54.1 Å². The van der Waals surface area contributed by atoms with E-state index in [9.17, 15) is 0 Å². The van der Waals surface area contributed by atoms with Crippen molar-refractivity contribution in [3.8, 4) is 17.1 Å². The molecule has 0 aliphatic carbocycles. The van der Waals surface area contributed by atoms with Crippen molar-refractivity contribution in [3.63, 3.8) is 0 Å². The van der Waals surface area contributed by atoms with Crippen LogP contribution in [0.1, 0.15) is 20.8 Å². The van der Waals surface area contributed by atoms with Crippen molar-refractivity contribution in [2.75, 3.05) is 26.3 Å². The van der Waals surface area contributed by atoms with E-state index in [4.69, 9.17) is 14.5 Å². The smallest absolute Gasteiger partial charge is 0.223 e. The molecular weight excluding hydrogens is 340 g/mol. The van der Waals surface area contributed by atoms with Gasteiger partial charge in [0.15, 0.2) is 0 Å². The Balaban J connectivity index is 1.66. The second-order valence-electron chi connectivity index (χ2n) is 7.87. The van der Waals surface area contributed by atoms with Gasteiger partial charge >= 0.3 is 0 Å². The molecule has 27 heavy (non-hydrogen) atoms. The second-order valence-corrected chi connectivity index (χ2v) is 7.87. The first-order valence-corrected chi connectivity index (χ1v) is 9.40. The van der Waals surface area contributed by atoms with E-state index in [-0.39, 0.29) is 11.6 Å². The third kappa shape index (κ3) is 3.96. The van der Waals surface area contributed by atoms with E-state index in [1.54, 1.807) is 6.20 Å². The highest BCUT2D eigenvalue weighted by Crippen LogP contribution is 2.29. The average molecular weight is 366 g/mol. The van der Waals surface area contributed by atoms with Gasteiger partial charge < -0.3 is 19.4 Å². The summed E-state index contributed by atoms with van der Waals surface area (Å²) in [6, 6.07) is 8.00. The molecule has 1 aliphatic rings. The van der Waals surface area contributed by atoms with Crippen molar-refractivity contribution in [2.24, 2.45) is 0 Å². The summed E-state index contributed by atoms with van der Waals surface area (Å²) in [6.45, 7) is 9.41. The van der Waals surface area contributed by atoms with Gasteiger partial charge in [-0.2, -0.15) is 0 Å². The van der Waals surface area contributed by atoms with Gasteiger partial charge in [0.1, 0.15) is 12.7 Å². The number of rotatable bonds is 4. The molecule has 142 valence electrons. The fourth-order valence-corrected chi connectivity index (χ4v) is 3.17. The molecule has 0 spiro atoms. The first-order valence-electron chi connectivity index (χ1n) is 9.40. The van der Waals surface area contributed by atoms with Gasteiger partial charge in [-0.1, -0.05) is 0 Å². The fraction of sp³-hybridized carbons (Fsp3) is 0.429. The fourth-order valence-electron chi connectivity index (χ4n) is 3.17. The second kappa shape index (κ2) is 7.29. The summed E-state index contributed by atoms with van der Waals surface area (Å²) >= 11 is 0. The van der Waals surface area contributed by atoms with E-state index in [1.165, 1.54) is 0 Å². The lowest BCUT2D eigenvalue weighted by atomic mass is 10.1.